The quantitative estimate of drug-likeness (QED) is 0.661. The zero-order chi connectivity index (χ0) is 17.6. The van der Waals surface area contributed by atoms with E-state index in [1.54, 1.807) is 11.3 Å². The van der Waals surface area contributed by atoms with Crippen LogP contribution in [0.25, 0.3) is 10.9 Å². The van der Waals surface area contributed by atoms with Crippen molar-refractivity contribution in [1.29, 1.82) is 0 Å². The minimum Gasteiger partial charge on any atom is -0.357 e. The molecule has 1 aliphatic rings. The van der Waals surface area contributed by atoms with E-state index in [2.05, 4.69) is 38.9 Å². The van der Waals surface area contributed by atoms with Gasteiger partial charge in [0.2, 0.25) is 0 Å². The van der Waals surface area contributed by atoms with Crippen molar-refractivity contribution in [1.82, 2.24) is 14.9 Å². The van der Waals surface area contributed by atoms with Gasteiger partial charge in [-0.25, -0.2) is 4.98 Å². The Morgan fingerprint density at radius 1 is 1.44 bits per heavy atom. The molecule has 0 radical (unpaired) electrons. The molecule has 4 rings (SSSR count). The number of hydrogen-bond donors (Lipinski definition) is 1. The molecule has 0 saturated carbocycles. The fourth-order valence-electron chi connectivity index (χ4n) is 3.49. The normalized spacial score (nSPS) is 14.1. The van der Waals surface area contributed by atoms with E-state index in [0.29, 0.717) is 6.54 Å². The fourth-order valence-corrected chi connectivity index (χ4v) is 5.09. The van der Waals surface area contributed by atoms with E-state index in [0.717, 1.165) is 51.4 Å². The van der Waals surface area contributed by atoms with Gasteiger partial charge in [0.05, 0.1) is 16.2 Å². The lowest BCUT2D eigenvalue weighted by Gasteiger charge is -2.27. The number of aryl methyl sites for hydroxylation is 2. The first-order valence-electron chi connectivity index (χ1n) is 8.62. The number of fused-ring (bicyclic) bond motifs is 3. The summed E-state index contributed by atoms with van der Waals surface area (Å²) in [4.78, 5) is 23.9. The average Bonchev–Trinajstić information content (AvgIpc) is 3.15. The Morgan fingerprint density at radius 2 is 2.28 bits per heavy atom. The Hall–Kier alpha value is -1.66. The van der Waals surface area contributed by atoms with Gasteiger partial charge in [-0.05, 0) is 41.8 Å². The van der Waals surface area contributed by atoms with Gasteiger partial charge in [-0.3, -0.25) is 4.79 Å². The third-order valence-electron chi connectivity index (χ3n) is 4.75. The molecule has 1 aliphatic heterocycles. The van der Waals surface area contributed by atoms with Crippen molar-refractivity contribution >= 4 is 44.1 Å². The van der Waals surface area contributed by atoms with E-state index in [4.69, 9.17) is 0 Å². The number of carbonyl (C=O) groups excluding carboxylic acids is 1. The molecule has 2 aromatic heterocycles. The molecular weight excluding hydrogens is 398 g/mol. The maximum absolute atomic E-state index is 13.0. The molecule has 0 fully saturated rings. The number of benzene rings is 1. The van der Waals surface area contributed by atoms with E-state index in [-0.39, 0.29) is 5.91 Å². The zero-order valence-corrected chi connectivity index (χ0v) is 16.8. The lowest BCUT2D eigenvalue weighted by molar-refractivity contribution is 0.0739. The van der Waals surface area contributed by atoms with Crippen molar-refractivity contribution in [2.24, 2.45) is 0 Å². The van der Waals surface area contributed by atoms with Crippen molar-refractivity contribution in [2.45, 2.75) is 39.7 Å². The third kappa shape index (κ3) is 2.91. The van der Waals surface area contributed by atoms with Crippen LogP contribution in [0.1, 0.15) is 45.0 Å². The number of para-hydroxylation sites is 1. The summed E-state index contributed by atoms with van der Waals surface area (Å²) in [6.45, 7) is 5.49. The topological polar surface area (TPSA) is 49.0 Å². The van der Waals surface area contributed by atoms with Crippen LogP contribution < -0.4 is 0 Å². The van der Waals surface area contributed by atoms with Crippen LogP contribution in [0.4, 0.5) is 0 Å². The number of carbonyl (C=O) groups is 1. The zero-order valence-electron chi connectivity index (χ0n) is 14.4. The van der Waals surface area contributed by atoms with Gasteiger partial charge in [-0.15, -0.1) is 11.3 Å². The molecule has 3 heterocycles. The molecule has 130 valence electrons. The van der Waals surface area contributed by atoms with Crippen LogP contribution in [0.5, 0.6) is 0 Å². The molecule has 0 saturated heterocycles. The van der Waals surface area contributed by atoms with Gasteiger partial charge in [0.1, 0.15) is 4.88 Å². The summed E-state index contributed by atoms with van der Waals surface area (Å²) in [5.74, 6) is 0.118. The van der Waals surface area contributed by atoms with Gasteiger partial charge in [-0.2, -0.15) is 0 Å². The van der Waals surface area contributed by atoms with Crippen LogP contribution >= 0.6 is 27.3 Å². The summed E-state index contributed by atoms with van der Waals surface area (Å²) in [6.07, 6.45) is 2.86. The highest BCUT2D eigenvalue weighted by atomic mass is 79.9. The predicted molar refractivity (Wildman–Crippen MR) is 105 cm³/mol. The number of hydrogen-bond acceptors (Lipinski definition) is 3. The standard InChI is InChI=1S/C19H20BrN3OS/c1-3-5-16-21-11(2)18(25-16)19(24)23-9-8-15-13(10-23)12-6-4-7-14(20)17(12)22-15/h4,6-7,22H,3,5,8-10H2,1-2H3. The summed E-state index contributed by atoms with van der Waals surface area (Å²) >= 11 is 5.17. The number of rotatable bonds is 3. The van der Waals surface area contributed by atoms with Crippen molar-refractivity contribution in [3.8, 4) is 0 Å². The minimum absolute atomic E-state index is 0.118. The number of aromatic amines is 1. The summed E-state index contributed by atoms with van der Waals surface area (Å²) < 4.78 is 1.07. The van der Waals surface area contributed by atoms with Gasteiger partial charge in [0, 0.05) is 40.6 Å². The molecule has 0 unspecified atom stereocenters. The second-order valence-corrected chi connectivity index (χ2v) is 8.43. The first kappa shape index (κ1) is 16.8. The van der Waals surface area contributed by atoms with Crippen LogP contribution in [0.2, 0.25) is 0 Å². The van der Waals surface area contributed by atoms with Gasteiger partial charge < -0.3 is 9.88 Å². The molecular formula is C19H20BrN3OS. The molecule has 4 nitrogen and oxygen atoms in total. The molecule has 6 heteroatoms. The Kier molecular flexibility index (Phi) is 4.41. The molecule has 3 aromatic rings. The van der Waals surface area contributed by atoms with Crippen molar-refractivity contribution in [2.75, 3.05) is 6.54 Å². The predicted octanol–water partition coefficient (Wildman–Crippen LogP) is 4.85. The monoisotopic (exact) mass is 417 g/mol. The summed E-state index contributed by atoms with van der Waals surface area (Å²) in [6, 6.07) is 6.22. The lowest BCUT2D eigenvalue weighted by Crippen LogP contribution is -2.35. The third-order valence-corrected chi connectivity index (χ3v) is 6.61. The van der Waals surface area contributed by atoms with Gasteiger partial charge in [0.15, 0.2) is 0 Å². The number of nitrogens with one attached hydrogen (secondary N) is 1. The molecule has 0 aliphatic carbocycles. The van der Waals surface area contributed by atoms with Crippen molar-refractivity contribution in [3.05, 3.63) is 49.5 Å². The molecule has 1 amide bonds. The number of amides is 1. The molecule has 0 atom stereocenters. The fraction of sp³-hybridized carbons (Fsp3) is 0.368. The lowest BCUT2D eigenvalue weighted by atomic mass is 10.0. The number of halogens is 1. The highest BCUT2D eigenvalue weighted by Crippen LogP contribution is 2.33. The second kappa shape index (κ2) is 6.57. The Labute approximate surface area is 159 Å². The number of H-pyrrole nitrogens is 1. The van der Waals surface area contributed by atoms with Crippen LogP contribution in [0, 0.1) is 6.92 Å². The largest absolute Gasteiger partial charge is 0.357 e. The SMILES string of the molecule is CCCc1nc(C)c(C(=O)N2CCc3[nH]c4c(Br)cccc4c3C2)s1. The molecule has 0 spiro atoms. The molecule has 1 N–H and O–H groups in total. The van der Waals surface area contributed by atoms with E-state index >= 15 is 0 Å². The van der Waals surface area contributed by atoms with Gasteiger partial charge in [0.25, 0.3) is 5.91 Å². The number of aromatic nitrogens is 2. The Morgan fingerprint density at radius 3 is 3.08 bits per heavy atom. The average molecular weight is 418 g/mol. The van der Waals surface area contributed by atoms with Gasteiger partial charge >= 0.3 is 0 Å². The highest BCUT2D eigenvalue weighted by Gasteiger charge is 2.27. The van der Waals surface area contributed by atoms with Crippen molar-refractivity contribution in [3.63, 3.8) is 0 Å². The van der Waals surface area contributed by atoms with E-state index in [1.807, 2.05) is 24.0 Å². The second-order valence-electron chi connectivity index (χ2n) is 6.49. The Balaban J connectivity index is 1.65. The highest BCUT2D eigenvalue weighted by molar-refractivity contribution is 9.10. The number of thiazole rings is 1. The Bertz CT molecular complexity index is 959. The molecule has 25 heavy (non-hydrogen) atoms. The first-order chi connectivity index (χ1) is 12.1. The summed E-state index contributed by atoms with van der Waals surface area (Å²) in [7, 11) is 0. The van der Waals surface area contributed by atoms with Crippen LogP contribution in [0.3, 0.4) is 0 Å². The van der Waals surface area contributed by atoms with E-state index < -0.39 is 0 Å². The smallest absolute Gasteiger partial charge is 0.266 e. The molecule has 1 aromatic carbocycles. The minimum atomic E-state index is 0.118. The summed E-state index contributed by atoms with van der Waals surface area (Å²) in [5.41, 5.74) is 4.48. The molecule has 0 bridgehead atoms. The van der Waals surface area contributed by atoms with E-state index in [9.17, 15) is 4.79 Å². The van der Waals surface area contributed by atoms with E-state index in [1.165, 1.54) is 16.6 Å². The maximum Gasteiger partial charge on any atom is 0.266 e. The first-order valence-corrected chi connectivity index (χ1v) is 10.2. The number of nitrogens with zero attached hydrogens (tertiary/aromatic N) is 2. The van der Waals surface area contributed by atoms with Crippen LogP contribution in [0.15, 0.2) is 22.7 Å². The van der Waals surface area contributed by atoms with Crippen molar-refractivity contribution < 1.29 is 4.79 Å². The summed E-state index contributed by atoms with van der Waals surface area (Å²) in [5, 5.41) is 2.27. The maximum atomic E-state index is 13.0. The van der Waals surface area contributed by atoms with Crippen LogP contribution in [-0.2, 0) is 19.4 Å². The van der Waals surface area contributed by atoms with Gasteiger partial charge in [-0.1, -0.05) is 19.1 Å². The van der Waals surface area contributed by atoms with Crippen LogP contribution in [-0.4, -0.2) is 27.3 Å².